The third kappa shape index (κ3) is 4.99. The Hall–Kier alpha value is -1.42. The molecule has 0 fully saturated rings. The van der Waals surface area contributed by atoms with Gasteiger partial charge in [0.2, 0.25) is 0 Å². The molecule has 0 amide bonds. The summed E-state index contributed by atoms with van der Waals surface area (Å²) in [6, 6.07) is 5.65. The zero-order valence-corrected chi connectivity index (χ0v) is 12.5. The summed E-state index contributed by atoms with van der Waals surface area (Å²) in [6.07, 6.45) is 0.105. The normalized spacial score (nSPS) is 11.1. The third-order valence-corrected chi connectivity index (χ3v) is 2.95. The average molecular weight is 266 g/mol. The Balaban J connectivity index is 2.58. The predicted octanol–water partition coefficient (Wildman–Crippen LogP) is 2.78. The minimum atomic E-state index is 0.105. The number of para-hydroxylation sites is 1. The molecule has 0 aliphatic heterocycles. The number of likely N-dealkylation sites (N-methyl/N-ethyl adjacent to an activating group) is 1. The third-order valence-electron chi connectivity index (χ3n) is 2.95. The van der Waals surface area contributed by atoms with Crippen molar-refractivity contribution in [2.45, 2.75) is 33.8 Å². The van der Waals surface area contributed by atoms with Gasteiger partial charge in [-0.15, -0.1) is 0 Å². The minimum Gasteiger partial charge on any atom is -0.490 e. The molecule has 0 bridgehead atoms. The van der Waals surface area contributed by atoms with Crippen molar-refractivity contribution in [2.75, 3.05) is 32.0 Å². The summed E-state index contributed by atoms with van der Waals surface area (Å²) in [7, 11) is 0. The van der Waals surface area contributed by atoms with Crippen molar-refractivity contribution in [1.29, 1.82) is 0 Å². The molecule has 0 saturated carbocycles. The van der Waals surface area contributed by atoms with Crippen LogP contribution in [-0.4, -0.2) is 37.2 Å². The van der Waals surface area contributed by atoms with Crippen molar-refractivity contribution in [3.8, 4) is 11.5 Å². The maximum absolute atomic E-state index is 6.05. The van der Waals surface area contributed by atoms with E-state index in [-0.39, 0.29) is 6.10 Å². The summed E-state index contributed by atoms with van der Waals surface area (Å²) >= 11 is 0. The molecule has 4 heteroatoms. The number of rotatable bonds is 8. The lowest BCUT2D eigenvalue weighted by atomic mass is 10.2. The topological polar surface area (TPSA) is 47.7 Å². The summed E-state index contributed by atoms with van der Waals surface area (Å²) in [5.41, 5.74) is 6.63. The monoisotopic (exact) mass is 266 g/mol. The molecule has 4 nitrogen and oxygen atoms in total. The zero-order valence-electron chi connectivity index (χ0n) is 12.5. The molecule has 2 N–H and O–H groups in total. The van der Waals surface area contributed by atoms with Gasteiger partial charge in [-0.25, -0.2) is 0 Å². The largest absolute Gasteiger partial charge is 0.490 e. The van der Waals surface area contributed by atoms with Crippen LogP contribution in [0.25, 0.3) is 0 Å². The van der Waals surface area contributed by atoms with Crippen LogP contribution in [0.3, 0.4) is 0 Å². The molecule has 0 aliphatic rings. The molecular weight excluding hydrogens is 240 g/mol. The van der Waals surface area contributed by atoms with Crippen LogP contribution in [0.2, 0.25) is 0 Å². The van der Waals surface area contributed by atoms with Crippen LogP contribution in [0.1, 0.15) is 27.7 Å². The summed E-state index contributed by atoms with van der Waals surface area (Å²) in [5.74, 6) is 1.39. The lowest BCUT2D eigenvalue weighted by Gasteiger charge is -2.19. The van der Waals surface area contributed by atoms with Gasteiger partial charge in [0, 0.05) is 6.54 Å². The SMILES string of the molecule is CCN(CC)CCOc1cccc(OC(C)C)c1N. The molecule has 0 aliphatic carbocycles. The molecule has 0 saturated heterocycles. The molecule has 0 atom stereocenters. The quantitative estimate of drug-likeness (QED) is 0.735. The Kier molecular flexibility index (Phi) is 6.50. The van der Waals surface area contributed by atoms with Crippen LogP contribution in [0.4, 0.5) is 5.69 Å². The molecule has 1 rings (SSSR count). The van der Waals surface area contributed by atoms with Gasteiger partial charge in [0.15, 0.2) is 0 Å². The van der Waals surface area contributed by atoms with Crippen molar-refractivity contribution in [3.63, 3.8) is 0 Å². The summed E-state index contributed by atoms with van der Waals surface area (Å²) in [4.78, 5) is 2.31. The lowest BCUT2D eigenvalue weighted by Crippen LogP contribution is -2.28. The smallest absolute Gasteiger partial charge is 0.146 e. The highest BCUT2D eigenvalue weighted by Crippen LogP contribution is 2.31. The Bertz CT molecular complexity index is 376. The van der Waals surface area contributed by atoms with Crippen LogP contribution >= 0.6 is 0 Å². The van der Waals surface area contributed by atoms with E-state index in [0.717, 1.165) is 19.6 Å². The van der Waals surface area contributed by atoms with E-state index in [9.17, 15) is 0 Å². The van der Waals surface area contributed by atoms with E-state index in [1.54, 1.807) is 0 Å². The van der Waals surface area contributed by atoms with Gasteiger partial charge in [0.1, 0.15) is 23.8 Å². The number of nitrogens with zero attached hydrogens (tertiary/aromatic N) is 1. The Labute approximate surface area is 116 Å². The highest BCUT2D eigenvalue weighted by atomic mass is 16.5. The van der Waals surface area contributed by atoms with Crippen molar-refractivity contribution >= 4 is 5.69 Å². The predicted molar refractivity (Wildman–Crippen MR) is 79.9 cm³/mol. The van der Waals surface area contributed by atoms with E-state index in [1.165, 1.54) is 0 Å². The van der Waals surface area contributed by atoms with Crippen LogP contribution in [0.5, 0.6) is 11.5 Å². The lowest BCUT2D eigenvalue weighted by molar-refractivity contribution is 0.220. The standard InChI is InChI=1S/C15H26N2O2/c1-5-17(6-2)10-11-18-13-8-7-9-14(15(13)16)19-12(3)4/h7-9,12H,5-6,10-11,16H2,1-4H3. The Morgan fingerprint density at radius 2 is 1.79 bits per heavy atom. The fourth-order valence-corrected chi connectivity index (χ4v) is 1.83. The van der Waals surface area contributed by atoms with Crippen molar-refractivity contribution in [1.82, 2.24) is 4.90 Å². The highest BCUT2D eigenvalue weighted by molar-refractivity contribution is 5.62. The fourth-order valence-electron chi connectivity index (χ4n) is 1.83. The molecular formula is C15H26N2O2. The van der Waals surface area contributed by atoms with Crippen LogP contribution in [0, 0.1) is 0 Å². The highest BCUT2D eigenvalue weighted by Gasteiger charge is 2.09. The number of hydrogen-bond acceptors (Lipinski definition) is 4. The van der Waals surface area contributed by atoms with Gasteiger partial charge in [-0.05, 0) is 39.1 Å². The molecule has 1 aromatic rings. The zero-order chi connectivity index (χ0) is 14.3. The molecule has 108 valence electrons. The van der Waals surface area contributed by atoms with Crippen molar-refractivity contribution in [3.05, 3.63) is 18.2 Å². The second-order valence-corrected chi connectivity index (χ2v) is 4.71. The summed E-state index contributed by atoms with van der Waals surface area (Å²) in [6.45, 7) is 11.9. The number of ether oxygens (including phenoxy) is 2. The molecule has 0 unspecified atom stereocenters. The second-order valence-electron chi connectivity index (χ2n) is 4.71. The number of hydrogen-bond donors (Lipinski definition) is 1. The number of benzene rings is 1. The number of nitrogens with two attached hydrogens (primary N) is 1. The molecule has 19 heavy (non-hydrogen) atoms. The van der Waals surface area contributed by atoms with Crippen molar-refractivity contribution in [2.24, 2.45) is 0 Å². The molecule has 0 spiro atoms. The Morgan fingerprint density at radius 3 is 2.37 bits per heavy atom. The summed E-state index contributed by atoms with van der Waals surface area (Å²) in [5, 5.41) is 0. The van der Waals surface area contributed by atoms with Gasteiger partial charge < -0.3 is 20.1 Å². The van der Waals surface area contributed by atoms with E-state index >= 15 is 0 Å². The average Bonchev–Trinajstić information content (AvgIpc) is 2.38. The van der Waals surface area contributed by atoms with Crippen LogP contribution in [0.15, 0.2) is 18.2 Å². The van der Waals surface area contributed by atoms with Gasteiger partial charge in [-0.1, -0.05) is 19.9 Å². The van der Waals surface area contributed by atoms with Gasteiger partial charge in [0.05, 0.1) is 6.10 Å². The maximum atomic E-state index is 6.05. The minimum absolute atomic E-state index is 0.105. The molecule has 0 radical (unpaired) electrons. The maximum Gasteiger partial charge on any atom is 0.146 e. The van der Waals surface area contributed by atoms with Crippen LogP contribution < -0.4 is 15.2 Å². The first-order valence-corrected chi connectivity index (χ1v) is 6.98. The first-order chi connectivity index (χ1) is 9.08. The first kappa shape index (κ1) is 15.6. The molecule has 1 aromatic carbocycles. The van der Waals surface area contributed by atoms with E-state index in [4.69, 9.17) is 15.2 Å². The van der Waals surface area contributed by atoms with Crippen molar-refractivity contribution < 1.29 is 9.47 Å². The first-order valence-electron chi connectivity index (χ1n) is 6.98. The van der Waals surface area contributed by atoms with E-state index in [2.05, 4.69) is 18.7 Å². The van der Waals surface area contributed by atoms with Crippen LogP contribution in [-0.2, 0) is 0 Å². The van der Waals surface area contributed by atoms with Gasteiger partial charge >= 0.3 is 0 Å². The Morgan fingerprint density at radius 1 is 1.16 bits per heavy atom. The summed E-state index contributed by atoms with van der Waals surface area (Å²) < 4.78 is 11.4. The van der Waals surface area contributed by atoms with E-state index < -0.39 is 0 Å². The fraction of sp³-hybridized carbons (Fsp3) is 0.600. The number of anilines is 1. The number of nitrogen functional groups attached to an aromatic ring is 1. The van der Waals surface area contributed by atoms with E-state index in [0.29, 0.717) is 23.8 Å². The second kappa shape index (κ2) is 7.89. The molecule has 0 heterocycles. The molecule has 0 aromatic heterocycles. The van der Waals surface area contributed by atoms with Gasteiger partial charge in [-0.2, -0.15) is 0 Å². The van der Waals surface area contributed by atoms with Gasteiger partial charge in [0.25, 0.3) is 0 Å². The van der Waals surface area contributed by atoms with E-state index in [1.807, 2.05) is 32.0 Å². The van der Waals surface area contributed by atoms with Gasteiger partial charge in [-0.3, -0.25) is 0 Å².